The minimum atomic E-state index is 0. The van der Waals surface area contributed by atoms with Crippen molar-refractivity contribution >= 4 is 74.2 Å². The van der Waals surface area contributed by atoms with Crippen LogP contribution < -0.4 is 0 Å². The van der Waals surface area contributed by atoms with Gasteiger partial charge in [0.25, 0.3) is 0 Å². The Morgan fingerprint density at radius 2 is 0.513 bits per heavy atom. The Morgan fingerprint density at radius 1 is 0.263 bits per heavy atom. The van der Waals surface area contributed by atoms with E-state index in [1.807, 2.05) is 0 Å². The van der Waals surface area contributed by atoms with Crippen LogP contribution in [0.5, 0.6) is 0 Å². The van der Waals surface area contributed by atoms with Crippen molar-refractivity contribution in [1.29, 1.82) is 0 Å². The molecule has 0 spiro atoms. The van der Waals surface area contributed by atoms with Gasteiger partial charge in [-0.1, -0.05) is 301 Å². The fourth-order valence-electron chi connectivity index (χ4n) is 11.4. The van der Waals surface area contributed by atoms with E-state index < -0.39 is 0 Å². The molecule has 0 fully saturated rings. The van der Waals surface area contributed by atoms with E-state index in [0.717, 1.165) is 22.4 Å². The van der Waals surface area contributed by atoms with E-state index in [4.69, 9.17) is 0 Å². The van der Waals surface area contributed by atoms with Crippen molar-refractivity contribution in [3.63, 3.8) is 0 Å². The summed E-state index contributed by atoms with van der Waals surface area (Å²) < 4.78 is 0. The molecule has 0 amide bonds. The number of rotatable bonds is 8. The van der Waals surface area contributed by atoms with Gasteiger partial charge >= 0.3 is 26.2 Å². The van der Waals surface area contributed by atoms with Crippen molar-refractivity contribution in [2.24, 2.45) is 0 Å². The second-order valence-corrected chi connectivity index (χ2v) is 20.6. The first kappa shape index (κ1) is 50.2. The van der Waals surface area contributed by atoms with E-state index >= 15 is 0 Å². The molecule has 0 heterocycles. The molecular weight excluding hydrogens is 1010 g/mol. The zero-order valence-electron chi connectivity index (χ0n) is 43.0. The topological polar surface area (TPSA) is 0 Å². The number of hydrogen-bond acceptors (Lipinski definition) is 0. The average Bonchev–Trinajstić information content (AvgIpc) is 4.11. The van der Waals surface area contributed by atoms with Crippen molar-refractivity contribution in [1.82, 2.24) is 0 Å². The smallest absolute Gasteiger partial charge is 0.164 e. The second kappa shape index (κ2) is 22.9. The summed E-state index contributed by atoms with van der Waals surface area (Å²) in [6.45, 7) is 4.31. The van der Waals surface area contributed by atoms with Crippen molar-refractivity contribution in [2.45, 2.75) is 25.9 Å². The Balaban J connectivity index is 0.000000152. The molecule has 14 aromatic carbocycles. The molecule has 0 bridgehead atoms. The van der Waals surface area contributed by atoms with Gasteiger partial charge in [-0.15, -0.1) is 44.8 Å². The molecule has 0 nitrogen and oxygen atoms in total. The Kier molecular flexibility index (Phi) is 15.1. The predicted molar refractivity (Wildman–Crippen MR) is 327 cm³/mol. The molecule has 0 aliphatic rings. The molecular formula is C74H56SiZr. The maximum Gasteiger partial charge on any atom is 2.00 e. The zero-order chi connectivity index (χ0) is 50.5. The molecule has 0 aliphatic carbocycles. The summed E-state index contributed by atoms with van der Waals surface area (Å²) in [7, 11) is 1.08. The molecule has 2 heteroatoms. The Labute approximate surface area is 468 Å². The summed E-state index contributed by atoms with van der Waals surface area (Å²) in [6.07, 6.45) is 1.86. The van der Waals surface area contributed by atoms with Crippen LogP contribution in [-0.4, -0.2) is 9.52 Å². The average molecular weight is 1060 g/mol. The van der Waals surface area contributed by atoms with Crippen LogP contribution in [0.4, 0.5) is 0 Å². The van der Waals surface area contributed by atoms with Crippen LogP contribution in [0.2, 0.25) is 13.1 Å². The van der Waals surface area contributed by atoms with Crippen molar-refractivity contribution in [3.05, 3.63) is 301 Å². The Hall–Kier alpha value is -8.00. The normalized spacial score (nSPS) is 11.1. The van der Waals surface area contributed by atoms with Crippen LogP contribution in [0, 0.1) is 0 Å². The van der Waals surface area contributed by atoms with Gasteiger partial charge in [-0.3, -0.25) is 0 Å². The predicted octanol–water partition coefficient (Wildman–Crippen LogP) is 20.4. The summed E-state index contributed by atoms with van der Waals surface area (Å²) in [5, 5.41) is 15.6. The minimum Gasteiger partial charge on any atom is -0.164 e. The summed E-state index contributed by atoms with van der Waals surface area (Å²) in [6, 6.07) is 102. The van der Waals surface area contributed by atoms with Gasteiger partial charge in [-0.25, -0.2) is 0 Å². The molecule has 0 atom stereocenters. The van der Waals surface area contributed by atoms with E-state index in [-0.39, 0.29) is 26.2 Å². The number of fused-ring (bicyclic) bond motifs is 6. The van der Waals surface area contributed by atoms with Crippen molar-refractivity contribution in [2.75, 3.05) is 0 Å². The van der Waals surface area contributed by atoms with Crippen LogP contribution in [-0.2, 0) is 39.0 Å². The Morgan fingerprint density at radius 3 is 0.842 bits per heavy atom. The molecule has 360 valence electrons. The van der Waals surface area contributed by atoms with E-state index in [9.17, 15) is 0 Å². The first-order chi connectivity index (χ1) is 37.1. The van der Waals surface area contributed by atoms with E-state index in [2.05, 4.69) is 292 Å². The summed E-state index contributed by atoms with van der Waals surface area (Å²) in [5.41, 5.74) is 15.7. The molecule has 0 saturated carbocycles. The third-order valence-electron chi connectivity index (χ3n) is 14.7. The molecule has 0 N–H and O–H groups in total. The first-order valence-electron chi connectivity index (χ1n) is 26.2. The minimum absolute atomic E-state index is 0. The number of benzene rings is 12. The number of hydrogen-bond donors (Lipinski definition) is 0. The van der Waals surface area contributed by atoms with E-state index in [1.54, 1.807) is 0 Å². The van der Waals surface area contributed by atoms with Crippen LogP contribution >= 0.6 is 0 Å². The molecule has 0 aromatic heterocycles. The van der Waals surface area contributed by atoms with Crippen molar-refractivity contribution in [3.8, 4) is 44.5 Å². The van der Waals surface area contributed by atoms with Crippen LogP contribution in [0.25, 0.3) is 109 Å². The van der Waals surface area contributed by atoms with Gasteiger partial charge in [0.15, 0.2) is 0 Å². The van der Waals surface area contributed by atoms with Crippen LogP contribution in [0.3, 0.4) is 0 Å². The molecule has 14 rings (SSSR count). The molecule has 0 saturated heterocycles. The summed E-state index contributed by atoms with van der Waals surface area (Å²) in [4.78, 5) is 0. The van der Waals surface area contributed by atoms with Gasteiger partial charge in [0.2, 0.25) is 0 Å². The SMILES string of the molecule is C[Si]C.[Zr+2].c1ccc(Cc2cc3c(-c4cccc5ccccc45)ccc(-c4cccc5ccccc45)c3[cH-]2)cc1.c1ccc(Cc2cc3c(-c4cccc5ccccc45)ccc(-c4cccc5ccccc45)c3[cH-]2)cc1. The summed E-state index contributed by atoms with van der Waals surface area (Å²) >= 11 is 0. The second-order valence-electron chi connectivity index (χ2n) is 19.6. The van der Waals surface area contributed by atoms with Gasteiger partial charge in [0.1, 0.15) is 0 Å². The van der Waals surface area contributed by atoms with Crippen molar-refractivity contribution < 1.29 is 26.2 Å². The van der Waals surface area contributed by atoms with E-state index in [1.165, 1.54) is 131 Å². The molecule has 14 aromatic rings. The van der Waals surface area contributed by atoms with Gasteiger partial charge in [-0.2, -0.15) is 12.1 Å². The van der Waals surface area contributed by atoms with Crippen LogP contribution in [0.1, 0.15) is 22.3 Å². The Bertz CT molecular complexity index is 3760. The largest absolute Gasteiger partial charge is 2.00 e. The first-order valence-corrected chi connectivity index (χ1v) is 28.2. The third kappa shape index (κ3) is 10.1. The zero-order valence-corrected chi connectivity index (χ0v) is 46.4. The van der Waals surface area contributed by atoms with Gasteiger partial charge in [0.05, 0.1) is 0 Å². The standard InChI is InChI=1S/2C36H25.C2H6Si.Zr/c2*1-2-10-25(11-3-1)22-26-23-35-33(31-18-8-14-27-12-4-6-16-29(27)31)20-21-34(36(35)24-26)32-19-9-15-28-13-5-7-17-30(28)32;1-3-2;/h2*1-21,23-24H,22H2;1-2H3;/q2*-1;;+2. The quantitative estimate of drug-likeness (QED) is 0.105. The monoisotopic (exact) mass is 1060 g/mol. The maximum atomic E-state index is 2.41. The molecule has 2 radical (unpaired) electrons. The van der Waals surface area contributed by atoms with Gasteiger partial charge in [-0.05, 0) is 78.2 Å². The fourth-order valence-corrected chi connectivity index (χ4v) is 11.4. The molecule has 0 aliphatic heterocycles. The van der Waals surface area contributed by atoms with Crippen LogP contribution in [0.15, 0.2) is 279 Å². The summed E-state index contributed by atoms with van der Waals surface area (Å²) in [5.74, 6) is 0. The maximum absolute atomic E-state index is 2.41. The molecule has 0 unspecified atom stereocenters. The van der Waals surface area contributed by atoms with Gasteiger partial charge < -0.3 is 0 Å². The molecule has 76 heavy (non-hydrogen) atoms. The van der Waals surface area contributed by atoms with Gasteiger partial charge in [0, 0.05) is 9.52 Å². The third-order valence-corrected chi connectivity index (χ3v) is 14.7. The van der Waals surface area contributed by atoms with E-state index in [0.29, 0.717) is 0 Å². The fraction of sp³-hybridized carbons (Fsp3) is 0.0541.